The molecule has 1 aromatic carbocycles. The highest BCUT2D eigenvalue weighted by atomic mass is 79.9. The minimum atomic E-state index is -0.00782. The Morgan fingerprint density at radius 1 is 1.46 bits per heavy atom. The number of aromatic hydroxyl groups is 1. The number of rotatable bonds is 1. The first kappa shape index (κ1) is 8.99. The number of phenols is 1. The zero-order chi connectivity index (χ0) is 9.42. The molecule has 0 radical (unpaired) electrons. The molecule has 1 heterocycles. The summed E-state index contributed by atoms with van der Waals surface area (Å²) in [6.07, 6.45) is 0. The third-order valence-electron chi connectivity index (χ3n) is 1.92. The van der Waals surface area contributed by atoms with Crippen molar-refractivity contribution in [3.8, 4) is 5.75 Å². The average Bonchev–Trinajstić information content (AvgIpc) is 2.60. The van der Waals surface area contributed by atoms with E-state index in [1.54, 1.807) is 6.07 Å². The second kappa shape index (κ2) is 3.29. The van der Waals surface area contributed by atoms with Crippen LogP contribution in [0.1, 0.15) is 5.56 Å². The number of benzene rings is 1. The summed E-state index contributed by atoms with van der Waals surface area (Å²) in [7, 11) is 0. The molecule has 68 valence electrons. The van der Waals surface area contributed by atoms with Crippen LogP contribution in [0.25, 0.3) is 10.1 Å². The van der Waals surface area contributed by atoms with Crippen molar-refractivity contribution in [2.45, 2.75) is 6.61 Å². The number of aliphatic hydroxyl groups is 1. The van der Waals surface area contributed by atoms with Crippen molar-refractivity contribution >= 4 is 37.4 Å². The molecular formula is C9H7BrO2S. The molecule has 0 bridgehead atoms. The van der Waals surface area contributed by atoms with Crippen LogP contribution in [0.15, 0.2) is 22.0 Å². The van der Waals surface area contributed by atoms with E-state index in [4.69, 9.17) is 5.11 Å². The van der Waals surface area contributed by atoms with Crippen molar-refractivity contribution in [3.63, 3.8) is 0 Å². The van der Waals surface area contributed by atoms with Gasteiger partial charge in [-0.05, 0) is 39.0 Å². The molecule has 0 aliphatic rings. The van der Waals surface area contributed by atoms with E-state index in [-0.39, 0.29) is 12.4 Å². The summed E-state index contributed by atoms with van der Waals surface area (Å²) in [4.78, 5) is 0. The molecule has 4 heteroatoms. The molecular weight excluding hydrogens is 252 g/mol. The molecule has 0 atom stereocenters. The predicted molar refractivity (Wildman–Crippen MR) is 57.1 cm³/mol. The van der Waals surface area contributed by atoms with Crippen LogP contribution >= 0.6 is 27.3 Å². The summed E-state index contributed by atoms with van der Waals surface area (Å²) >= 11 is 4.70. The first-order chi connectivity index (χ1) is 6.24. The molecule has 2 aromatic rings. The van der Waals surface area contributed by atoms with Gasteiger partial charge in [0, 0.05) is 5.39 Å². The quantitative estimate of drug-likeness (QED) is 0.826. The fourth-order valence-corrected chi connectivity index (χ4v) is 2.78. The van der Waals surface area contributed by atoms with Crippen LogP contribution in [0.4, 0.5) is 0 Å². The molecule has 0 aliphatic carbocycles. The van der Waals surface area contributed by atoms with Gasteiger partial charge in [-0.15, -0.1) is 11.3 Å². The summed E-state index contributed by atoms with van der Waals surface area (Å²) in [6.45, 7) is -0.00782. The van der Waals surface area contributed by atoms with Gasteiger partial charge in [0.25, 0.3) is 0 Å². The monoisotopic (exact) mass is 258 g/mol. The third-order valence-corrected chi connectivity index (χ3v) is 3.45. The number of fused-ring (bicyclic) bond motifs is 1. The Bertz CT molecular complexity index is 450. The fraction of sp³-hybridized carbons (Fsp3) is 0.111. The van der Waals surface area contributed by atoms with Gasteiger partial charge < -0.3 is 10.2 Å². The van der Waals surface area contributed by atoms with Crippen LogP contribution < -0.4 is 0 Å². The summed E-state index contributed by atoms with van der Waals surface area (Å²) in [5.41, 5.74) is 0.834. The molecule has 13 heavy (non-hydrogen) atoms. The summed E-state index contributed by atoms with van der Waals surface area (Å²) in [5.74, 6) is 0.252. The number of phenolic OH excluding ortho intramolecular Hbond substituents is 1. The van der Waals surface area contributed by atoms with Crippen molar-refractivity contribution in [2.75, 3.05) is 0 Å². The van der Waals surface area contributed by atoms with Crippen molar-refractivity contribution in [3.05, 3.63) is 27.5 Å². The summed E-state index contributed by atoms with van der Waals surface area (Å²) in [6, 6.07) is 3.64. The van der Waals surface area contributed by atoms with Crippen molar-refractivity contribution in [2.24, 2.45) is 0 Å². The number of hydrogen-bond donors (Lipinski definition) is 2. The topological polar surface area (TPSA) is 40.5 Å². The summed E-state index contributed by atoms with van der Waals surface area (Å²) < 4.78 is 1.45. The standard InChI is InChI=1S/C9H7BrO2S/c10-7-3-5(4-11)6-1-2-13-9(6)8(7)12/h1-3,11-12H,4H2. The van der Waals surface area contributed by atoms with E-state index in [1.807, 2.05) is 11.4 Å². The number of aliphatic hydroxyl groups excluding tert-OH is 1. The SMILES string of the molecule is OCc1cc(Br)c(O)c2sccc12. The summed E-state index contributed by atoms with van der Waals surface area (Å²) in [5, 5.41) is 21.5. The van der Waals surface area contributed by atoms with Gasteiger partial charge in [-0.2, -0.15) is 0 Å². The maximum Gasteiger partial charge on any atom is 0.147 e. The fourth-order valence-electron chi connectivity index (χ4n) is 1.28. The number of halogens is 1. The van der Waals surface area contributed by atoms with Crippen molar-refractivity contribution < 1.29 is 10.2 Å². The zero-order valence-corrected chi connectivity index (χ0v) is 9.02. The largest absolute Gasteiger partial charge is 0.505 e. The molecule has 2 N–H and O–H groups in total. The Kier molecular flexibility index (Phi) is 2.27. The Hall–Kier alpha value is -0.580. The maximum absolute atomic E-state index is 9.65. The lowest BCUT2D eigenvalue weighted by Gasteiger charge is -2.03. The van der Waals surface area contributed by atoms with Crippen LogP contribution in [-0.4, -0.2) is 10.2 Å². The van der Waals surface area contributed by atoms with E-state index in [0.717, 1.165) is 15.6 Å². The molecule has 0 amide bonds. The van der Waals surface area contributed by atoms with E-state index in [0.29, 0.717) is 4.47 Å². The molecule has 2 rings (SSSR count). The minimum Gasteiger partial charge on any atom is -0.505 e. The van der Waals surface area contributed by atoms with Crippen molar-refractivity contribution in [1.82, 2.24) is 0 Å². The lowest BCUT2D eigenvalue weighted by molar-refractivity contribution is 0.283. The Labute approximate surface area is 87.6 Å². The normalized spacial score (nSPS) is 10.9. The highest BCUT2D eigenvalue weighted by Gasteiger charge is 2.09. The Morgan fingerprint density at radius 3 is 2.92 bits per heavy atom. The van der Waals surface area contributed by atoms with Gasteiger partial charge >= 0.3 is 0 Å². The highest BCUT2D eigenvalue weighted by molar-refractivity contribution is 9.10. The third kappa shape index (κ3) is 1.35. The van der Waals surface area contributed by atoms with Gasteiger partial charge in [0.15, 0.2) is 0 Å². The van der Waals surface area contributed by atoms with Gasteiger partial charge in [0.05, 0.1) is 15.8 Å². The molecule has 0 spiro atoms. The number of thiophene rings is 1. The van der Waals surface area contributed by atoms with Gasteiger partial charge in [-0.25, -0.2) is 0 Å². The smallest absolute Gasteiger partial charge is 0.147 e. The highest BCUT2D eigenvalue weighted by Crippen LogP contribution is 2.38. The predicted octanol–water partition coefficient (Wildman–Crippen LogP) is 2.86. The minimum absolute atomic E-state index is 0.00782. The lowest BCUT2D eigenvalue weighted by atomic mass is 10.1. The van der Waals surface area contributed by atoms with E-state index >= 15 is 0 Å². The Morgan fingerprint density at radius 2 is 2.23 bits per heavy atom. The van der Waals surface area contributed by atoms with E-state index in [9.17, 15) is 5.11 Å². The van der Waals surface area contributed by atoms with Gasteiger partial charge in [0.1, 0.15) is 5.75 Å². The van der Waals surface area contributed by atoms with Gasteiger partial charge in [-0.3, -0.25) is 0 Å². The first-order valence-corrected chi connectivity index (χ1v) is 5.39. The van der Waals surface area contributed by atoms with E-state index < -0.39 is 0 Å². The lowest BCUT2D eigenvalue weighted by Crippen LogP contribution is -1.84. The zero-order valence-electron chi connectivity index (χ0n) is 6.62. The molecule has 0 fully saturated rings. The van der Waals surface area contributed by atoms with Crippen LogP contribution in [-0.2, 0) is 6.61 Å². The van der Waals surface area contributed by atoms with Crippen LogP contribution in [0.5, 0.6) is 5.75 Å². The maximum atomic E-state index is 9.65. The molecule has 0 aliphatic heterocycles. The molecule has 0 unspecified atom stereocenters. The van der Waals surface area contributed by atoms with Crippen LogP contribution in [0.2, 0.25) is 0 Å². The van der Waals surface area contributed by atoms with Crippen LogP contribution in [0, 0.1) is 0 Å². The van der Waals surface area contributed by atoms with Gasteiger partial charge in [0.2, 0.25) is 0 Å². The van der Waals surface area contributed by atoms with Gasteiger partial charge in [-0.1, -0.05) is 0 Å². The average molecular weight is 259 g/mol. The molecule has 0 saturated carbocycles. The molecule has 2 nitrogen and oxygen atoms in total. The van der Waals surface area contributed by atoms with Crippen molar-refractivity contribution in [1.29, 1.82) is 0 Å². The van der Waals surface area contributed by atoms with E-state index in [2.05, 4.69) is 15.9 Å². The Balaban J connectivity index is 2.87. The second-order valence-electron chi connectivity index (χ2n) is 2.69. The molecule has 0 saturated heterocycles. The first-order valence-electron chi connectivity index (χ1n) is 3.72. The van der Waals surface area contributed by atoms with Crippen LogP contribution in [0.3, 0.4) is 0 Å². The van der Waals surface area contributed by atoms with E-state index in [1.165, 1.54) is 11.3 Å². The number of hydrogen-bond acceptors (Lipinski definition) is 3. The molecule has 1 aromatic heterocycles. The second-order valence-corrected chi connectivity index (χ2v) is 4.46.